The fourth-order valence-corrected chi connectivity index (χ4v) is 2.22. The maximum absolute atomic E-state index is 11.6. The van der Waals surface area contributed by atoms with E-state index in [1.807, 2.05) is 24.3 Å². The van der Waals surface area contributed by atoms with Crippen molar-refractivity contribution in [1.29, 1.82) is 0 Å². The molecule has 2 rings (SSSR count). The van der Waals surface area contributed by atoms with Crippen molar-refractivity contribution in [3.63, 3.8) is 0 Å². The molecule has 0 heterocycles. The quantitative estimate of drug-likeness (QED) is 0.708. The van der Waals surface area contributed by atoms with Crippen LogP contribution >= 0.6 is 0 Å². The summed E-state index contributed by atoms with van der Waals surface area (Å²) in [6.45, 7) is 0. The summed E-state index contributed by atoms with van der Waals surface area (Å²) in [6.07, 6.45) is 12.4. The number of carbonyl (C=O) groups is 2. The van der Waals surface area contributed by atoms with E-state index >= 15 is 0 Å². The molecule has 0 saturated carbocycles. The molecule has 0 aromatic rings. The first-order valence-corrected chi connectivity index (χ1v) is 5.65. The van der Waals surface area contributed by atoms with Gasteiger partial charge in [0.1, 0.15) is 0 Å². The molecule has 0 N–H and O–H groups in total. The summed E-state index contributed by atoms with van der Waals surface area (Å²) in [5, 5.41) is 0. The van der Waals surface area contributed by atoms with Gasteiger partial charge in [-0.25, -0.2) is 0 Å². The van der Waals surface area contributed by atoms with Crippen LogP contribution in [0.1, 0.15) is 12.8 Å². The van der Waals surface area contributed by atoms with Gasteiger partial charge in [0.15, 0.2) is 0 Å². The fourth-order valence-electron chi connectivity index (χ4n) is 1.33. The van der Waals surface area contributed by atoms with Crippen molar-refractivity contribution in [3.05, 3.63) is 47.6 Å². The van der Waals surface area contributed by atoms with E-state index in [-0.39, 0.29) is 9.51 Å². The Labute approximate surface area is 94.2 Å². The Balaban J connectivity index is 1.92. The third kappa shape index (κ3) is 2.42. The molecule has 0 amide bonds. The van der Waals surface area contributed by atoms with Crippen molar-refractivity contribution in [2.45, 2.75) is 12.8 Å². The van der Waals surface area contributed by atoms with E-state index in [0.717, 1.165) is 11.1 Å². The van der Waals surface area contributed by atoms with Crippen LogP contribution in [0.4, 0.5) is 0 Å². The van der Waals surface area contributed by atoms with Crippen molar-refractivity contribution >= 4 is 9.51 Å². The molecule has 0 aromatic heterocycles. The van der Waals surface area contributed by atoms with Gasteiger partial charge in [0.25, 0.3) is 0 Å². The van der Waals surface area contributed by atoms with Crippen LogP contribution in [-0.4, -0.2) is 9.51 Å². The SMILES string of the molecule is O=[C]([Ni][C](=O)C1=CC=CC1)C1=CC=CC1. The molecule has 2 aliphatic carbocycles. The monoisotopic (exact) mass is 244 g/mol. The number of hydrogen-bond acceptors (Lipinski definition) is 2. The zero-order valence-corrected chi connectivity index (χ0v) is 9.00. The molecule has 0 fully saturated rings. The summed E-state index contributed by atoms with van der Waals surface area (Å²) in [6, 6.07) is 0. The number of hydrogen-bond donors (Lipinski definition) is 0. The summed E-state index contributed by atoms with van der Waals surface area (Å²) in [5.41, 5.74) is 1.44. The van der Waals surface area contributed by atoms with Gasteiger partial charge in [0.05, 0.1) is 0 Å². The summed E-state index contributed by atoms with van der Waals surface area (Å²) in [7, 11) is 0. The average molecular weight is 245 g/mol. The molecule has 0 atom stereocenters. The van der Waals surface area contributed by atoms with E-state index in [1.54, 1.807) is 12.2 Å². The van der Waals surface area contributed by atoms with E-state index in [0.29, 0.717) is 27.3 Å². The molecule has 0 spiro atoms. The van der Waals surface area contributed by atoms with Gasteiger partial charge in [-0.2, -0.15) is 0 Å². The zero-order valence-electron chi connectivity index (χ0n) is 8.01. The van der Waals surface area contributed by atoms with Crippen LogP contribution in [0.15, 0.2) is 47.6 Å². The summed E-state index contributed by atoms with van der Waals surface area (Å²) >= 11 is 0.604. The van der Waals surface area contributed by atoms with Gasteiger partial charge in [0.2, 0.25) is 0 Å². The topological polar surface area (TPSA) is 34.1 Å². The molecule has 0 unspecified atom stereocenters. The molecule has 3 heteroatoms. The van der Waals surface area contributed by atoms with Crippen LogP contribution < -0.4 is 0 Å². The molecule has 0 saturated heterocycles. The summed E-state index contributed by atoms with van der Waals surface area (Å²) in [4.78, 5) is 23.2. The number of carbonyl (C=O) groups excluding carboxylic acids is 2. The molecule has 0 aromatic carbocycles. The molecule has 15 heavy (non-hydrogen) atoms. The summed E-state index contributed by atoms with van der Waals surface area (Å²) < 4.78 is -0.212. The predicted molar refractivity (Wildman–Crippen MR) is 53.7 cm³/mol. The predicted octanol–water partition coefficient (Wildman–Crippen LogP) is 1.89. The van der Waals surface area contributed by atoms with Crippen LogP contribution in [-0.2, 0) is 24.0 Å². The first kappa shape index (κ1) is 10.3. The minimum absolute atomic E-state index is 0.106. The second-order valence-corrected chi connectivity index (χ2v) is 4.36. The van der Waals surface area contributed by atoms with Crippen molar-refractivity contribution in [2.75, 3.05) is 0 Å². The Morgan fingerprint density at radius 1 is 0.933 bits per heavy atom. The molecule has 0 bridgehead atoms. The number of rotatable bonds is 4. The second kappa shape index (κ2) is 4.54. The van der Waals surface area contributed by atoms with Crippen LogP contribution in [0.25, 0.3) is 0 Å². The number of allylic oxidation sites excluding steroid dienone is 8. The van der Waals surface area contributed by atoms with E-state index in [9.17, 15) is 9.59 Å². The van der Waals surface area contributed by atoms with E-state index in [4.69, 9.17) is 0 Å². The van der Waals surface area contributed by atoms with Gasteiger partial charge in [-0.3, -0.25) is 0 Å². The zero-order chi connectivity index (χ0) is 10.7. The Bertz CT molecular complexity index is 385. The van der Waals surface area contributed by atoms with Crippen LogP contribution in [0.2, 0.25) is 0 Å². The molecule has 0 aliphatic heterocycles. The van der Waals surface area contributed by atoms with Crippen LogP contribution in [0.5, 0.6) is 0 Å². The Morgan fingerprint density at radius 2 is 1.40 bits per heavy atom. The Kier molecular flexibility index (Phi) is 3.12. The van der Waals surface area contributed by atoms with Gasteiger partial charge in [-0.1, -0.05) is 0 Å². The van der Waals surface area contributed by atoms with Crippen molar-refractivity contribution in [1.82, 2.24) is 0 Å². The average Bonchev–Trinajstić information content (AvgIpc) is 2.91. The molecule has 0 radical (unpaired) electrons. The normalized spacial score (nSPS) is 18.1. The molecule has 80 valence electrons. The Hall–Kier alpha value is -1.21. The van der Waals surface area contributed by atoms with Gasteiger partial charge < -0.3 is 0 Å². The standard InChI is InChI=1S/2C6H5O.Ni/c2*7-5-6-3-1-2-4-6;/h2*1-3H,4H2;. The van der Waals surface area contributed by atoms with Gasteiger partial charge in [0, 0.05) is 0 Å². The van der Waals surface area contributed by atoms with Gasteiger partial charge in [-0.15, -0.1) is 0 Å². The third-order valence-corrected chi connectivity index (χ3v) is 3.23. The van der Waals surface area contributed by atoms with Crippen molar-refractivity contribution < 1.29 is 24.0 Å². The van der Waals surface area contributed by atoms with Gasteiger partial charge >= 0.3 is 94.0 Å². The fraction of sp³-hybridized carbons (Fsp3) is 0.167. The van der Waals surface area contributed by atoms with Crippen molar-refractivity contribution in [3.8, 4) is 0 Å². The van der Waals surface area contributed by atoms with Crippen LogP contribution in [0.3, 0.4) is 0 Å². The maximum atomic E-state index is 11.6. The van der Waals surface area contributed by atoms with E-state index in [1.165, 1.54) is 0 Å². The van der Waals surface area contributed by atoms with E-state index in [2.05, 4.69) is 0 Å². The molecular formula is C12H10NiO2. The summed E-state index contributed by atoms with van der Waals surface area (Å²) in [5.74, 6) is 0. The minimum atomic E-state index is -0.106. The van der Waals surface area contributed by atoms with Crippen molar-refractivity contribution in [2.24, 2.45) is 0 Å². The second-order valence-electron chi connectivity index (χ2n) is 3.22. The molecule has 2 aliphatic rings. The van der Waals surface area contributed by atoms with E-state index < -0.39 is 0 Å². The Morgan fingerprint density at radius 3 is 1.73 bits per heavy atom. The first-order chi connectivity index (χ1) is 7.27. The first-order valence-electron chi connectivity index (χ1n) is 4.66. The third-order valence-electron chi connectivity index (χ3n) is 2.15. The molecular weight excluding hydrogens is 235 g/mol. The van der Waals surface area contributed by atoms with Gasteiger partial charge in [-0.05, 0) is 0 Å². The van der Waals surface area contributed by atoms with Crippen LogP contribution in [0, 0.1) is 0 Å². The molecule has 2 nitrogen and oxygen atoms in total.